The molecule has 1 fully saturated rings. The molecule has 1 aromatic heterocycles. The van der Waals surface area contributed by atoms with Crippen molar-refractivity contribution in [2.45, 2.75) is 25.7 Å². The molecule has 3 rings (SSSR count). The van der Waals surface area contributed by atoms with Gasteiger partial charge in [-0.2, -0.15) is 0 Å². The second kappa shape index (κ2) is 7.77. The molecule has 6 nitrogen and oxygen atoms in total. The Bertz CT molecular complexity index is 624. The molecule has 0 amide bonds. The monoisotopic (exact) mass is 368 g/mol. The number of hydrogen-bond donors (Lipinski definition) is 2. The van der Waals surface area contributed by atoms with Crippen LogP contribution in [0.25, 0.3) is 0 Å². The van der Waals surface area contributed by atoms with Gasteiger partial charge in [0, 0.05) is 31.1 Å². The molecular formula is C16H24N4O2S2. The van der Waals surface area contributed by atoms with Crippen LogP contribution in [0.4, 0.5) is 5.00 Å². The second-order valence-corrected chi connectivity index (χ2v) is 7.78. The van der Waals surface area contributed by atoms with Gasteiger partial charge in [-0.3, -0.25) is 5.43 Å². The molecule has 0 atom stereocenters. The number of thiocarbonyl (C=S) groups is 1. The Morgan fingerprint density at radius 2 is 1.92 bits per heavy atom. The van der Waals surface area contributed by atoms with E-state index < -0.39 is 0 Å². The Kier molecular flexibility index (Phi) is 5.70. The first kappa shape index (κ1) is 17.6. The molecular weight excluding hydrogens is 344 g/mol. The van der Waals surface area contributed by atoms with Gasteiger partial charge in [-0.15, -0.1) is 11.3 Å². The van der Waals surface area contributed by atoms with E-state index in [9.17, 15) is 4.79 Å². The maximum atomic E-state index is 12.2. The SMILES string of the molecule is COC(=O)c1c(NC(=S)NN2CCN(C)CC2)sc2c1CCCC2. The molecule has 132 valence electrons. The fourth-order valence-corrected chi connectivity index (χ4v) is 4.74. The van der Waals surface area contributed by atoms with Crippen LogP contribution in [0.3, 0.4) is 0 Å². The summed E-state index contributed by atoms with van der Waals surface area (Å²) in [6, 6.07) is 0. The van der Waals surface area contributed by atoms with Crippen LogP contribution in [0.5, 0.6) is 0 Å². The maximum absolute atomic E-state index is 12.2. The van der Waals surface area contributed by atoms with Crippen molar-refractivity contribution in [2.75, 3.05) is 45.7 Å². The third-order valence-electron chi connectivity index (χ3n) is 4.55. The summed E-state index contributed by atoms with van der Waals surface area (Å²) in [6.07, 6.45) is 4.27. The highest BCUT2D eigenvalue weighted by molar-refractivity contribution is 7.80. The predicted octanol–water partition coefficient (Wildman–Crippen LogP) is 1.86. The van der Waals surface area contributed by atoms with Gasteiger partial charge in [-0.1, -0.05) is 0 Å². The highest BCUT2D eigenvalue weighted by Gasteiger charge is 2.26. The van der Waals surface area contributed by atoms with Crippen molar-refractivity contribution in [3.05, 3.63) is 16.0 Å². The Morgan fingerprint density at radius 3 is 2.62 bits per heavy atom. The Hall–Kier alpha value is -1.22. The Labute approximate surface area is 152 Å². The minimum Gasteiger partial charge on any atom is -0.465 e. The lowest BCUT2D eigenvalue weighted by molar-refractivity contribution is 0.0601. The number of ether oxygens (including phenoxy) is 1. The number of thiophene rings is 1. The lowest BCUT2D eigenvalue weighted by Gasteiger charge is -2.33. The van der Waals surface area contributed by atoms with Crippen molar-refractivity contribution in [3.63, 3.8) is 0 Å². The van der Waals surface area contributed by atoms with E-state index in [-0.39, 0.29) is 5.97 Å². The van der Waals surface area contributed by atoms with Crippen molar-refractivity contribution in [1.82, 2.24) is 15.3 Å². The van der Waals surface area contributed by atoms with Gasteiger partial charge < -0.3 is 15.0 Å². The van der Waals surface area contributed by atoms with E-state index in [0.717, 1.165) is 56.0 Å². The number of nitrogens with one attached hydrogen (secondary N) is 2. The minimum absolute atomic E-state index is 0.278. The van der Waals surface area contributed by atoms with E-state index in [1.165, 1.54) is 18.4 Å². The van der Waals surface area contributed by atoms with Gasteiger partial charge in [0.15, 0.2) is 5.11 Å². The highest BCUT2D eigenvalue weighted by atomic mass is 32.1. The number of rotatable bonds is 3. The van der Waals surface area contributed by atoms with Crippen LogP contribution in [0, 0.1) is 0 Å². The van der Waals surface area contributed by atoms with Gasteiger partial charge in [-0.25, -0.2) is 9.80 Å². The summed E-state index contributed by atoms with van der Waals surface area (Å²) in [4.78, 5) is 15.8. The molecule has 0 radical (unpaired) electrons. The fourth-order valence-electron chi connectivity index (χ4n) is 3.16. The quantitative estimate of drug-likeness (QED) is 0.624. The topological polar surface area (TPSA) is 56.8 Å². The van der Waals surface area contributed by atoms with Crippen molar-refractivity contribution in [3.8, 4) is 0 Å². The lowest BCUT2D eigenvalue weighted by Crippen LogP contribution is -2.53. The van der Waals surface area contributed by atoms with Gasteiger partial charge in [0.1, 0.15) is 5.00 Å². The summed E-state index contributed by atoms with van der Waals surface area (Å²) in [5.41, 5.74) is 5.04. The van der Waals surface area contributed by atoms with Crippen LogP contribution in [0.2, 0.25) is 0 Å². The first-order valence-electron chi connectivity index (χ1n) is 8.32. The number of nitrogens with zero attached hydrogens (tertiary/aromatic N) is 2. The number of likely N-dealkylation sites (N-methyl/N-ethyl adjacent to an activating group) is 1. The van der Waals surface area contributed by atoms with Crippen LogP contribution >= 0.6 is 23.6 Å². The number of carbonyl (C=O) groups excluding carboxylic acids is 1. The first-order valence-corrected chi connectivity index (χ1v) is 9.55. The molecule has 0 aromatic carbocycles. The first-order chi connectivity index (χ1) is 11.6. The summed E-state index contributed by atoms with van der Waals surface area (Å²) in [5, 5.41) is 6.67. The molecule has 1 aliphatic carbocycles. The van der Waals surface area contributed by atoms with Crippen LogP contribution < -0.4 is 10.7 Å². The number of hydrogen-bond acceptors (Lipinski definition) is 6. The summed E-state index contributed by atoms with van der Waals surface area (Å²) in [6.45, 7) is 3.86. The van der Waals surface area contributed by atoms with Crippen molar-refractivity contribution >= 4 is 39.6 Å². The van der Waals surface area contributed by atoms with Gasteiger partial charge in [0.25, 0.3) is 0 Å². The van der Waals surface area contributed by atoms with Crippen molar-refractivity contribution in [1.29, 1.82) is 0 Å². The van der Waals surface area contributed by atoms with Gasteiger partial charge in [0.2, 0.25) is 0 Å². The van der Waals surface area contributed by atoms with Crippen LogP contribution in [-0.4, -0.2) is 61.3 Å². The number of anilines is 1. The third-order valence-corrected chi connectivity index (χ3v) is 5.95. The maximum Gasteiger partial charge on any atom is 0.341 e. The zero-order chi connectivity index (χ0) is 17.1. The van der Waals surface area contributed by atoms with E-state index in [2.05, 4.69) is 27.7 Å². The standard InChI is InChI=1S/C16H24N4O2S2/c1-19-7-9-20(10-8-19)18-16(23)17-14-13(15(21)22-2)11-5-3-4-6-12(11)24-14/h3-10H2,1-2H3,(H2,17,18,23). The molecule has 0 unspecified atom stereocenters. The largest absolute Gasteiger partial charge is 0.465 e. The number of piperazine rings is 1. The molecule has 1 aromatic rings. The van der Waals surface area contributed by atoms with E-state index >= 15 is 0 Å². The zero-order valence-electron chi connectivity index (χ0n) is 14.2. The molecule has 1 saturated heterocycles. The zero-order valence-corrected chi connectivity index (χ0v) is 15.8. The fraction of sp³-hybridized carbons (Fsp3) is 0.625. The normalized spacial score (nSPS) is 18.8. The van der Waals surface area contributed by atoms with Crippen LogP contribution in [0.15, 0.2) is 0 Å². The second-order valence-electron chi connectivity index (χ2n) is 6.26. The van der Waals surface area contributed by atoms with Gasteiger partial charge in [0.05, 0.1) is 12.7 Å². The van der Waals surface area contributed by atoms with Gasteiger partial charge >= 0.3 is 5.97 Å². The summed E-state index contributed by atoms with van der Waals surface area (Å²) in [7, 11) is 3.55. The highest BCUT2D eigenvalue weighted by Crippen LogP contribution is 2.38. The number of esters is 1. The summed E-state index contributed by atoms with van der Waals surface area (Å²) < 4.78 is 4.99. The number of aryl methyl sites for hydroxylation is 1. The number of carbonyl (C=O) groups is 1. The molecule has 1 aliphatic heterocycles. The average molecular weight is 369 g/mol. The molecule has 0 saturated carbocycles. The molecule has 8 heteroatoms. The Morgan fingerprint density at radius 1 is 1.21 bits per heavy atom. The minimum atomic E-state index is -0.278. The predicted molar refractivity (Wildman–Crippen MR) is 101 cm³/mol. The molecule has 2 N–H and O–H groups in total. The van der Waals surface area contributed by atoms with E-state index in [1.54, 1.807) is 11.3 Å². The van der Waals surface area contributed by atoms with E-state index in [0.29, 0.717) is 10.7 Å². The molecule has 0 bridgehead atoms. The molecule has 0 spiro atoms. The van der Waals surface area contributed by atoms with Crippen LogP contribution in [-0.2, 0) is 17.6 Å². The van der Waals surface area contributed by atoms with E-state index in [4.69, 9.17) is 17.0 Å². The smallest absolute Gasteiger partial charge is 0.341 e. The molecule has 2 heterocycles. The number of methoxy groups -OCH3 is 1. The van der Waals surface area contributed by atoms with Crippen molar-refractivity contribution in [2.24, 2.45) is 0 Å². The molecule has 2 aliphatic rings. The summed E-state index contributed by atoms with van der Waals surface area (Å²) >= 11 is 7.08. The number of hydrazine groups is 1. The number of fused-ring (bicyclic) bond motifs is 1. The molecule has 24 heavy (non-hydrogen) atoms. The Balaban J connectivity index is 1.71. The van der Waals surface area contributed by atoms with Crippen LogP contribution in [0.1, 0.15) is 33.6 Å². The average Bonchev–Trinajstić information content (AvgIpc) is 2.94. The van der Waals surface area contributed by atoms with Crippen molar-refractivity contribution < 1.29 is 9.53 Å². The third kappa shape index (κ3) is 3.88. The van der Waals surface area contributed by atoms with E-state index in [1.807, 2.05) is 0 Å². The lowest BCUT2D eigenvalue weighted by atomic mass is 9.95. The summed E-state index contributed by atoms with van der Waals surface area (Å²) in [5.74, 6) is -0.278. The van der Waals surface area contributed by atoms with Gasteiger partial charge in [-0.05, 0) is 50.5 Å².